The second kappa shape index (κ2) is 7.11. The number of hydrogen-bond donors (Lipinski definition) is 2. The highest BCUT2D eigenvalue weighted by Gasteiger charge is 2.69. The van der Waals surface area contributed by atoms with Crippen molar-refractivity contribution in [3.05, 3.63) is 11.6 Å². The molecule has 5 aliphatic carbocycles. The van der Waals surface area contributed by atoms with Crippen LogP contribution in [0.15, 0.2) is 11.6 Å². The van der Waals surface area contributed by atoms with E-state index in [-0.39, 0.29) is 33.7 Å². The van der Waals surface area contributed by atoms with Crippen molar-refractivity contribution in [2.45, 2.75) is 112 Å². The molecule has 0 bridgehead atoms. The van der Waals surface area contributed by atoms with Crippen LogP contribution in [0.1, 0.15) is 106 Å². The first kappa shape index (κ1) is 23.9. The van der Waals surface area contributed by atoms with Gasteiger partial charge in [0, 0.05) is 0 Å². The van der Waals surface area contributed by atoms with Crippen LogP contribution >= 0.6 is 0 Å². The molecule has 4 fully saturated rings. The zero-order valence-electron chi connectivity index (χ0n) is 22.2. The zero-order chi connectivity index (χ0) is 24.2. The average molecular weight is 457 g/mol. The molecule has 0 aliphatic heterocycles. The number of aliphatic hydroxyl groups excluding tert-OH is 1. The van der Waals surface area contributed by atoms with Gasteiger partial charge < -0.3 is 10.2 Å². The molecule has 0 radical (unpaired) electrons. The molecule has 3 heteroatoms. The highest BCUT2D eigenvalue weighted by molar-refractivity contribution is 5.76. The smallest absolute Gasteiger partial charge is 0.310 e. The highest BCUT2D eigenvalue weighted by atomic mass is 16.4. The lowest BCUT2D eigenvalue weighted by Gasteiger charge is -2.71. The predicted molar refractivity (Wildman–Crippen MR) is 133 cm³/mol. The van der Waals surface area contributed by atoms with Gasteiger partial charge in [-0.05, 0) is 109 Å². The second-order valence-electron chi connectivity index (χ2n) is 14.5. The third-order valence-corrected chi connectivity index (χ3v) is 13.4. The van der Waals surface area contributed by atoms with Gasteiger partial charge in [-0.15, -0.1) is 0 Å². The standard InChI is InChI=1S/C30H48O3/c1-18-10-15-30(25(32)33)17-16-28(6)20(24(30)19(18)2)8-9-22-27(5)13-12-23(31)26(3,4)21(27)11-14-29(22,28)7/h8,18-19,21-24,31H,9-17H2,1-7H3,(H,32,33)/t18-,19-,21+,22-,23-,24-,27+,28-,29-,30-/m1/s1. The Kier molecular flexibility index (Phi) is 5.15. The summed E-state index contributed by atoms with van der Waals surface area (Å²) in [4.78, 5) is 12.8. The third-order valence-electron chi connectivity index (χ3n) is 13.4. The van der Waals surface area contributed by atoms with Gasteiger partial charge in [0.1, 0.15) is 0 Å². The molecule has 0 heterocycles. The second-order valence-corrected chi connectivity index (χ2v) is 14.5. The van der Waals surface area contributed by atoms with Crippen molar-refractivity contribution in [2.24, 2.45) is 56.7 Å². The molecule has 0 unspecified atom stereocenters. The summed E-state index contributed by atoms with van der Waals surface area (Å²) in [5.74, 6) is 1.82. The van der Waals surface area contributed by atoms with Gasteiger partial charge in [-0.3, -0.25) is 4.79 Å². The topological polar surface area (TPSA) is 57.5 Å². The van der Waals surface area contributed by atoms with Gasteiger partial charge in [-0.1, -0.05) is 60.1 Å². The molecule has 3 nitrogen and oxygen atoms in total. The van der Waals surface area contributed by atoms with E-state index in [1.54, 1.807) is 0 Å². The van der Waals surface area contributed by atoms with E-state index in [4.69, 9.17) is 0 Å². The van der Waals surface area contributed by atoms with Gasteiger partial charge in [0.15, 0.2) is 0 Å². The molecule has 0 saturated heterocycles. The fourth-order valence-corrected chi connectivity index (χ4v) is 10.8. The van der Waals surface area contributed by atoms with Crippen molar-refractivity contribution in [1.29, 1.82) is 0 Å². The number of aliphatic hydroxyl groups is 1. The molecule has 0 aromatic heterocycles. The Hall–Kier alpha value is -0.830. The molecule has 5 rings (SSSR count). The van der Waals surface area contributed by atoms with E-state index in [2.05, 4.69) is 54.5 Å². The number of aliphatic carboxylic acids is 1. The molecular formula is C30H48O3. The number of carboxylic acids is 1. The maximum Gasteiger partial charge on any atom is 0.310 e. The Balaban J connectivity index is 1.61. The van der Waals surface area contributed by atoms with Crippen LogP contribution in [-0.4, -0.2) is 22.3 Å². The van der Waals surface area contributed by atoms with Crippen LogP contribution in [0.3, 0.4) is 0 Å². The van der Waals surface area contributed by atoms with E-state index < -0.39 is 11.4 Å². The molecule has 4 saturated carbocycles. The van der Waals surface area contributed by atoms with Crippen molar-refractivity contribution in [1.82, 2.24) is 0 Å². The van der Waals surface area contributed by atoms with E-state index in [0.29, 0.717) is 23.7 Å². The molecule has 33 heavy (non-hydrogen) atoms. The van der Waals surface area contributed by atoms with Crippen molar-refractivity contribution in [3.8, 4) is 0 Å². The van der Waals surface area contributed by atoms with Gasteiger partial charge >= 0.3 is 5.97 Å². The summed E-state index contributed by atoms with van der Waals surface area (Å²) in [7, 11) is 0. The number of carbonyl (C=O) groups is 1. The lowest BCUT2D eigenvalue weighted by atomic mass is 9.33. The van der Waals surface area contributed by atoms with E-state index in [9.17, 15) is 15.0 Å². The highest BCUT2D eigenvalue weighted by Crippen LogP contribution is 2.75. The van der Waals surface area contributed by atoms with Crippen molar-refractivity contribution in [3.63, 3.8) is 0 Å². The summed E-state index contributed by atoms with van der Waals surface area (Å²) < 4.78 is 0. The van der Waals surface area contributed by atoms with E-state index in [1.807, 2.05) is 0 Å². The summed E-state index contributed by atoms with van der Waals surface area (Å²) in [6.07, 6.45) is 11.6. The van der Waals surface area contributed by atoms with Gasteiger partial charge in [-0.25, -0.2) is 0 Å². The van der Waals surface area contributed by atoms with Crippen LogP contribution < -0.4 is 0 Å². The SMILES string of the molecule is C[C@@H]1[C@H](C)CC[C@@]2(C(=O)O)CC[C@]3(C)C(=CC[C@@H]4[C@@]5(C)CC[C@@H](O)C(C)(C)[C@@H]5CC[C@]43C)[C@@H]12. The predicted octanol–water partition coefficient (Wildman–Crippen LogP) is 7.09. The molecule has 2 N–H and O–H groups in total. The lowest BCUT2D eigenvalue weighted by Crippen LogP contribution is -2.65. The van der Waals surface area contributed by atoms with Crippen LogP contribution in [0.2, 0.25) is 0 Å². The van der Waals surface area contributed by atoms with Crippen LogP contribution in [0.25, 0.3) is 0 Å². The van der Waals surface area contributed by atoms with Crippen LogP contribution in [-0.2, 0) is 4.79 Å². The first-order valence-corrected chi connectivity index (χ1v) is 13.9. The van der Waals surface area contributed by atoms with Gasteiger partial charge in [0.25, 0.3) is 0 Å². The molecule has 0 aromatic rings. The number of allylic oxidation sites excluding steroid dienone is 2. The van der Waals surface area contributed by atoms with E-state index in [1.165, 1.54) is 18.4 Å². The minimum Gasteiger partial charge on any atom is -0.481 e. The normalized spacial score (nSPS) is 55.3. The fraction of sp³-hybridized carbons (Fsp3) is 0.900. The van der Waals surface area contributed by atoms with Crippen molar-refractivity contribution in [2.75, 3.05) is 0 Å². The van der Waals surface area contributed by atoms with Crippen LogP contribution in [0, 0.1) is 56.7 Å². The fourth-order valence-electron chi connectivity index (χ4n) is 10.8. The summed E-state index contributed by atoms with van der Waals surface area (Å²) >= 11 is 0. The first-order valence-electron chi connectivity index (χ1n) is 13.9. The number of hydrogen-bond acceptors (Lipinski definition) is 2. The summed E-state index contributed by atoms with van der Waals surface area (Å²) in [6.45, 7) is 17.0. The molecule has 0 aromatic carbocycles. The summed E-state index contributed by atoms with van der Waals surface area (Å²) in [5, 5.41) is 21.4. The largest absolute Gasteiger partial charge is 0.481 e. The van der Waals surface area contributed by atoms with Crippen molar-refractivity contribution >= 4 is 5.97 Å². The quantitative estimate of drug-likeness (QED) is 0.414. The van der Waals surface area contributed by atoms with Crippen molar-refractivity contribution < 1.29 is 15.0 Å². The maximum absolute atomic E-state index is 12.8. The number of fused-ring (bicyclic) bond motifs is 7. The maximum atomic E-state index is 12.8. The molecule has 0 amide bonds. The van der Waals surface area contributed by atoms with Gasteiger partial charge in [0.05, 0.1) is 11.5 Å². The van der Waals surface area contributed by atoms with Crippen LogP contribution in [0.5, 0.6) is 0 Å². The lowest BCUT2D eigenvalue weighted by molar-refractivity contribution is -0.206. The van der Waals surface area contributed by atoms with E-state index in [0.717, 1.165) is 44.9 Å². The summed E-state index contributed by atoms with van der Waals surface area (Å²) in [6, 6.07) is 0. The number of rotatable bonds is 1. The van der Waals surface area contributed by atoms with Crippen LogP contribution in [0.4, 0.5) is 0 Å². The monoisotopic (exact) mass is 456 g/mol. The Morgan fingerprint density at radius 2 is 1.61 bits per heavy atom. The summed E-state index contributed by atoms with van der Waals surface area (Å²) in [5.41, 5.74) is 1.46. The van der Waals surface area contributed by atoms with Gasteiger partial charge in [0.2, 0.25) is 0 Å². The minimum absolute atomic E-state index is 0.0302. The Bertz CT molecular complexity index is 874. The Labute approximate surface area is 201 Å². The molecule has 0 spiro atoms. The third kappa shape index (κ3) is 2.75. The first-order chi connectivity index (χ1) is 15.3. The van der Waals surface area contributed by atoms with E-state index >= 15 is 0 Å². The number of carboxylic acid groups (broad SMARTS) is 1. The Morgan fingerprint density at radius 1 is 0.909 bits per heavy atom. The molecule has 10 atom stereocenters. The van der Waals surface area contributed by atoms with Gasteiger partial charge in [-0.2, -0.15) is 0 Å². The average Bonchev–Trinajstić information content (AvgIpc) is 2.74. The minimum atomic E-state index is -0.557. The molecule has 5 aliphatic rings. The Morgan fingerprint density at radius 3 is 2.27 bits per heavy atom. The zero-order valence-corrected chi connectivity index (χ0v) is 22.2. The molecular weight excluding hydrogens is 408 g/mol. The molecule has 186 valence electrons.